The first-order valence-corrected chi connectivity index (χ1v) is 7.67. The molecule has 2 rings (SSSR count). The van der Waals surface area contributed by atoms with E-state index in [2.05, 4.69) is 61.4 Å². The van der Waals surface area contributed by atoms with Gasteiger partial charge in [-0.3, -0.25) is 0 Å². The lowest BCUT2D eigenvalue weighted by Crippen LogP contribution is -2.16. The fourth-order valence-corrected chi connectivity index (χ4v) is 3.11. The molecule has 0 atom stereocenters. The Morgan fingerprint density at radius 3 is 2.21 bits per heavy atom. The highest BCUT2D eigenvalue weighted by Crippen LogP contribution is 2.33. The van der Waals surface area contributed by atoms with Crippen molar-refractivity contribution in [3.05, 3.63) is 62.5 Å². The molecule has 0 saturated heterocycles. The van der Waals surface area contributed by atoms with Crippen LogP contribution in [0.15, 0.2) is 51.4 Å². The normalized spacial score (nSPS) is 10.6. The maximum absolute atomic E-state index is 9.64. The molecule has 2 nitrogen and oxygen atoms in total. The largest absolute Gasteiger partial charge is 0.506 e. The van der Waals surface area contributed by atoms with E-state index in [4.69, 9.17) is 0 Å². The van der Waals surface area contributed by atoms with Gasteiger partial charge in [-0.15, -0.1) is 0 Å². The first-order valence-electron chi connectivity index (χ1n) is 6.08. The lowest BCUT2D eigenvalue weighted by Gasteiger charge is -2.08. The number of hydrogen-bond donors (Lipinski definition) is 2. The number of hydrogen-bond acceptors (Lipinski definition) is 2. The third kappa shape index (κ3) is 4.34. The van der Waals surface area contributed by atoms with Gasteiger partial charge in [-0.05, 0) is 68.1 Å². The number of nitrogens with one attached hydrogen (secondary N) is 1. The molecule has 100 valence electrons. The molecule has 0 fully saturated rings. The zero-order chi connectivity index (χ0) is 13.7. The van der Waals surface area contributed by atoms with Gasteiger partial charge in [-0.1, -0.05) is 30.3 Å². The molecule has 19 heavy (non-hydrogen) atoms. The topological polar surface area (TPSA) is 32.3 Å². The lowest BCUT2D eigenvalue weighted by molar-refractivity contribution is 0.468. The zero-order valence-electron chi connectivity index (χ0n) is 10.4. The second kappa shape index (κ2) is 7.08. The Morgan fingerprint density at radius 1 is 0.947 bits per heavy atom. The van der Waals surface area contributed by atoms with Crippen molar-refractivity contribution < 1.29 is 5.11 Å². The minimum atomic E-state index is 0.244. The number of benzene rings is 2. The molecule has 2 aromatic carbocycles. The van der Waals surface area contributed by atoms with Gasteiger partial charge >= 0.3 is 0 Å². The Morgan fingerprint density at radius 2 is 1.58 bits per heavy atom. The highest BCUT2D eigenvalue weighted by Gasteiger charge is 2.05. The van der Waals surface area contributed by atoms with Crippen molar-refractivity contribution in [1.82, 2.24) is 5.32 Å². The Labute approximate surface area is 130 Å². The molecule has 0 unspecified atom stereocenters. The molecule has 0 amide bonds. The second-order valence-electron chi connectivity index (χ2n) is 4.32. The van der Waals surface area contributed by atoms with Crippen LogP contribution in [0.2, 0.25) is 0 Å². The van der Waals surface area contributed by atoms with E-state index in [0.29, 0.717) is 8.95 Å². The van der Waals surface area contributed by atoms with E-state index in [0.717, 1.165) is 25.1 Å². The van der Waals surface area contributed by atoms with Gasteiger partial charge in [0.05, 0.1) is 8.95 Å². The quantitative estimate of drug-likeness (QED) is 0.755. The third-order valence-corrected chi connectivity index (χ3v) is 4.05. The molecule has 0 saturated carbocycles. The SMILES string of the molecule is Oc1c(Br)cc(CNCCc2ccccc2)cc1Br. The van der Waals surface area contributed by atoms with Crippen molar-refractivity contribution in [2.75, 3.05) is 6.54 Å². The van der Waals surface area contributed by atoms with Crippen LogP contribution in [0.25, 0.3) is 0 Å². The summed E-state index contributed by atoms with van der Waals surface area (Å²) in [5.74, 6) is 0.244. The van der Waals surface area contributed by atoms with Crippen LogP contribution in [-0.2, 0) is 13.0 Å². The van der Waals surface area contributed by atoms with Crippen molar-refractivity contribution in [3.63, 3.8) is 0 Å². The summed E-state index contributed by atoms with van der Waals surface area (Å²) in [6.45, 7) is 1.71. The average Bonchev–Trinajstić information content (AvgIpc) is 2.42. The van der Waals surface area contributed by atoms with E-state index in [9.17, 15) is 5.11 Å². The molecule has 0 radical (unpaired) electrons. The van der Waals surface area contributed by atoms with E-state index in [1.165, 1.54) is 5.56 Å². The monoisotopic (exact) mass is 383 g/mol. The summed E-state index contributed by atoms with van der Waals surface area (Å²) in [6, 6.07) is 14.3. The maximum Gasteiger partial charge on any atom is 0.143 e. The highest BCUT2D eigenvalue weighted by molar-refractivity contribution is 9.11. The molecule has 0 aliphatic rings. The molecule has 0 aliphatic heterocycles. The van der Waals surface area contributed by atoms with Gasteiger partial charge in [0.2, 0.25) is 0 Å². The van der Waals surface area contributed by atoms with Gasteiger partial charge in [-0.25, -0.2) is 0 Å². The molecule has 0 aliphatic carbocycles. The summed E-state index contributed by atoms with van der Waals surface area (Å²) in [5.41, 5.74) is 2.47. The minimum Gasteiger partial charge on any atom is -0.506 e. The van der Waals surface area contributed by atoms with Gasteiger partial charge in [0.1, 0.15) is 5.75 Å². The van der Waals surface area contributed by atoms with Crippen molar-refractivity contribution in [2.45, 2.75) is 13.0 Å². The molecular formula is C15H15Br2NO. The van der Waals surface area contributed by atoms with Crippen LogP contribution >= 0.6 is 31.9 Å². The van der Waals surface area contributed by atoms with Crippen LogP contribution in [0.4, 0.5) is 0 Å². The van der Waals surface area contributed by atoms with E-state index in [1.807, 2.05) is 18.2 Å². The average molecular weight is 385 g/mol. The number of phenolic OH excluding ortho intramolecular Hbond substituents is 1. The predicted octanol–water partition coefficient (Wildman–Crippen LogP) is 4.25. The summed E-state index contributed by atoms with van der Waals surface area (Å²) in [5, 5.41) is 13.0. The Bertz CT molecular complexity index is 520. The predicted molar refractivity (Wildman–Crippen MR) is 85.4 cm³/mol. The number of halogens is 2. The third-order valence-electron chi connectivity index (χ3n) is 2.84. The molecule has 0 heterocycles. The molecule has 2 aromatic rings. The van der Waals surface area contributed by atoms with Gasteiger partial charge in [0, 0.05) is 6.54 Å². The Balaban J connectivity index is 1.83. The molecule has 0 bridgehead atoms. The fraction of sp³-hybridized carbons (Fsp3) is 0.200. The molecular weight excluding hydrogens is 370 g/mol. The van der Waals surface area contributed by atoms with E-state index in [-0.39, 0.29) is 5.75 Å². The summed E-state index contributed by atoms with van der Waals surface area (Å²) in [6.07, 6.45) is 1.02. The standard InChI is InChI=1S/C15H15Br2NO/c16-13-8-12(9-14(17)15(13)19)10-18-7-6-11-4-2-1-3-5-11/h1-5,8-9,18-19H,6-7,10H2. The van der Waals surface area contributed by atoms with Crippen LogP contribution < -0.4 is 5.32 Å². The molecule has 0 aromatic heterocycles. The number of phenols is 1. The van der Waals surface area contributed by atoms with Crippen molar-refractivity contribution in [3.8, 4) is 5.75 Å². The summed E-state index contributed by atoms with van der Waals surface area (Å²) >= 11 is 6.67. The smallest absolute Gasteiger partial charge is 0.143 e. The van der Waals surface area contributed by atoms with Gasteiger partial charge in [0.15, 0.2) is 0 Å². The number of rotatable bonds is 5. The lowest BCUT2D eigenvalue weighted by atomic mass is 10.1. The first kappa shape index (κ1) is 14.6. The highest BCUT2D eigenvalue weighted by atomic mass is 79.9. The van der Waals surface area contributed by atoms with Crippen molar-refractivity contribution in [1.29, 1.82) is 0 Å². The first-order chi connectivity index (χ1) is 9.16. The van der Waals surface area contributed by atoms with Crippen molar-refractivity contribution in [2.24, 2.45) is 0 Å². The van der Waals surface area contributed by atoms with E-state index in [1.54, 1.807) is 0 Å². The van der Waals surface area contributed by atoms with Crippen molar-refractivity contribution >= 4 is 31.9 Å². The minimum absolute atomic E-state index is 0.244. The van der Waals surface area contributed by atoms with Crippen LogP contribution in [0.5, 0.6) is 5.75 Å². The van der Waals surface area contributed by atoms with Crippen LogP contribution in [0, 0.1) is 0 Å². The summed E-state index contributed by atoms with van der Waals surface area (Å²) in [7, 11) is 0. The van der Waals surface area contributed by atoms with Crippen LogP contribution in [0.3, 0.4) is 0 Å². The summed E-state index contributed by atoms with van der Waals surface area (Å²) in [4.78, 5) is 0. The second-order valence-corrected chi connectivity index (χ2v) is 6.03. The molecule has 0 spiro atoms. The zero-order valence-corrected chi connectivity index (χ0v) is 13.5. The maximum atomic E-state index is 9.64. The fourth-order valence-electron chi connectivity index (χ4n) is 1.83. The van der Waals surface area contributed by atoms with Crippen LogP contribution in [-0.4, -0.2) is 11.7 Å². The van der Waals surface area contributed by atoms with E-state index < -0.39 is 0 Å². The van der Waals surface area contributed by atoms with E-state index >= 15 is 0 Å². The molecule has 2 N–H and O–H groups in total. The summed E-state index contributed by atoms with van der Waals surface area (Å²) < 4.78 is 1.42. The van der Waals surface area contributed by atoms with Gasteiger partial charge in [-0.2, -0.15) is 0 Å². The number of aromatic hydroxyl groups is 1. The Kier molecular flexibility index (Phi) is 5.43. The Hall–Kier alpha value is -0.840. The van der Waals surface area contributed by atoms with Gasteiger partial charge in [0.25, 0.3) is 0 Å². The van der Waals surface area contributed by atoms with Gasteiger partial charge < -0.3 is 10.4 Å². The molecule has 4 heteroatoms. The van der Waals surface area contributed by atoms with Crippen LogP contribution in [0.1, 0.15) is 11.1 Å².